The van der Waals surface area contributed by atoms with E-state index in [0.29, 0.717) is 41.1 Å². The van der Waals surface area contributed by atoms with Gasteiger partial charge >= 0.3 is 6.36 Å². The Morgan fingerprint density at radius 1 is 1.08 bits per heavy atom. The summed E-state index contributed by atoms with van der Waals surface area (Å²) in [6.45, 7) is 5.30. The molecule has 0 radical (unpaired) electrons. The van der Waals surface area contributed by atoms with E-state index in [1.807, 2.05) is 30.9 Å². The molecular weight excluding hydrogens is 517 g/mol. The molecule has 0 atom stereocenters. The van der Waals surface area contributed by atoms with Gasteiger partial charge in [0.1, 0.15) is 0 Å². The normalized spacial score (nSPS) is 11.6. The third-order valence-electron chi connectivity index (χ3n) is 5.90. The number of ether oxygens (including phenoxy) is 1. The number of aromatic nitrogens is 3. The average Bonchev–Trinajstić information content (AvgIpc) is 3.50. The Morgan fingerprint density at radius 3 is 2.63 bits per heavy atom. The van der Waals surface area contributed by atoms with E-state index in [0.717, 1.165) is 10.2 Å². The van der Waals surface area contributed by atoms with Crippen molar-refractivity contribution in [2.45, 2.75) is 20.2 Å². The molecule has 5 aromatic rings. The SMILES string of the molecule is CCN(CC)c1cc2nc(Nc3ccccc3OC(F)(F)F)[nH]c2cc1C(=O)Nc1ccc2ncsc2c1. The predicted molar refractivity (Wildman–Crippen MR) is 144 cm³/mol. The van der Waals surface area contributed by atoms with Gasteiger partial charge in [-0.15, -0.1) is 24.5 Å². The molecule has 0 aliphatic heterocycles. The summed E-state index contributed by atoms with van der Waals surface area (Å²) in [6, 6.07) is 14.7. The number of H-pyrrole nitrogens is 1. The highest BCUT2D eigenvalue weighted by Gasteiger charge is 2.32. The maximum absolute atomic E-state index is 13.4. The van der Waals surface area contributed by atoms with Crippen molar-refractivity contribution in [1.82, 2.24) is 15.0 Å². The Kier molecular flexibility index (Phi) is 6.81. The zero-order valence-corrected chi connectivity index (χ0v) is 21.2. The Balaban J connectivity index is 1.49. The number of anilines is 4. The lowest BCUT2D eigenvalue weighted by molar-refractivity contribution is -0.274. The maximum Gasteiger partial charge on any atom is 0.573 e. The molecule has 1 amide bonds. The van der Waals surface area contributed by atoms with E-state index in [-0.39, 0.29) is 23.3 Å². The number of hydrogen-bond acceptors (Lipinski definition) is 7. The first-order valence-electron chi connectivity index (χ1n) is 11.8. The Hall–Kier alpha value is -4.32. The number of amides is 1. The number of carbonyl (C=O) groups is 1. The number of nitrogens with one attached hydrogen (secondary N) is 3. The first-order chi connectivity index (χ1) is 18.2. The summed E-state index contributed by atoms with van der Waals surface area (Å²) in [5, 5.41) is 5.82. The number of hydrogen-bond donors (Lipinski definition) is 3. The number of benzene rings is 3. The Labute approximate surface area is 219 Å². The number of rotatable bonds is 8. The van der Waals surface area contributed by atoms with Crippen LogP contribution in [-0.4, -0.2) is 40.3 Å². The van der Waals surface area contributed by atoms with Gasteiger partial charge in [0.25, 0.3) is 5.91 Å². The fraction of sp³-hybridized carbons (Fsp3) is 0.192. The summed E-state index contributed by atoms with van der Waals surface area (Å²) in [4.78, 5) is 27.3. The molecule has 12 heteroatoms. The summed E-state index contributed by atoms with van der Waals surface area (Å²) < 4.78 is 43.6. The van der Waals surface area contributed by atoms with Crippen LogP contribution < -0.4 is 20.3 Å². The van der Waals surface area contributed by atoms with Crippen molar-refractivity contribution < 1.29 is 22.7 Å². The number of alkyl halides is 3. The summed E-state index contributed by atoms with van der Waals surface area (Å²) >= 11 is 1.49. The molecule has 2 heterocycles. The zero-order chi connectivity index (χ0) is 26.9. The molecule has 5 rings (SSSR count). The van der Waals surface area contributed by atoms with Gasteiger partial charge in [-0.1, -0.05) is 12.1 Å². The van der Waals surface area contributed by atoms with Crippen LogP contribution in [0.1, 0.15) is 24.2 Å². The largest absolute Gasteiger partial charge is 0.573 e. The molecule has 0 spiro atoms. The zero-order valence-electron chi connectivity index (χ0n) is 20.4. The van der Waals surface area contributed by atoms with Gasteiger partial charge in [0, 0.05) is 18.8 Å². The number of halogens is 3. The van der Waals surface area contributed by atoms with Crippen molar-refractivity contribution in [1.29, 1.82) is 0 Å². The summed E-state index contributed by atoms with van der Waals surface area (Å²) in [6.07, 6.45) is -4.84. The van der Waals surface area contributed by atoms with Gasteiger partial charge in [0.2, 0.25) is 5.95 Å². The lowest BCUT2D eigenvalue weighted by Gasteiger charge is -2.23. The summed E-state index contributed by atoms with van der Waals surface area (Å²) in [7, 11) is 0. The van der Waals surface area contributed by atoms with Gasteiger partial charge in [0.05, 0.1) is 43.7 Å². The molecule has 0 saturated heterocycles. The average molecular weight is 541 g/mol. The third kappa shape index (κ3) is 5.35. The quantitative estimate of drug-likeness (QED) is 0.198. The van der Waals surface area contributed by atoms with Crippen LogP contribution in [0, 0.1) is 0 Å². The Bertz CT molecular complexity index is 1610. The van der Waals surface area contributed by atoms with Gasteiger partial charge in [0.15, 0.2) is 5.75 Å². The highest BCUT2D eigenvalue weighted by molar-refractivity contribution is 7.16. The fourth-order valence-electron chi connectivity index (χ4n) is 4.16. The van der Waals surface area contributed by atoms with E-state index in [4.69, 9.17) is 0 Å². The van der Waals surface area contributed by atoms with Crippen LogP contribution in [0.2, 0.25) is 0 Å². The molecule has 0 aliphatic carbocycles. The van der Waals surface area contributed by atoms with Crippen LogP contribution >= 0.6 is 11.3 Å². The smallest absolute Gasteiger partial charge is 0.404 e. The van der Waals surface area contributed by atoms with Crippen molar-refractivity contribution in [2.24, 2.45) is 0 Å². The van der Waals surface area contributed by atoms with Gasteiger partial charge in [-0.3, -0.25) is 4.79 Å². The molecule has 3 aromatic carbocycles. The number of imidazole rings is 1. The number of nitrogens with zero attached hydrogens (tertiary/aromatic N) is 3. The maximum atomic E-state index is 13.4. The predicted octanol–water partition coefficient (Wildman–Crippen LogP) is 6.91. The van der Waals surface area contributed by atoms with E-state index >= 15 is 0 Å². The number of thiazole rings is 1. The summed E-state index contributed by atoms with van der Waals surface area (Å²) in [5.41, 5.74) is 5.55. The van der Waals surface area contributed by atoms with Crippen LogP contribution in [0.25, 0.3) is 21.3 Å². The molecule has 0 bridgehead atoms. The lowest BCUT2D eigenvalue weighted by Crippen LogP contribution is -2.25. The fourth-order valence-corrected chi connectivity index (χ4v) is 4.87. The van der Waals surface area contributed by atoms with Crippen molar-refractivity contribution in [3.63, 3.8) is 0 Å². The minimum absolute atomic E-state index is 0.0873. The highest BCUT2D eigenvalue weighted by Crippen LogP contribution is 2.33. The first kappa shape index (κ1) is 25.3. The second-order valence-corrected chi connectivity index (χ2v) is 9.19. The van der Waals surface area contributed by atoms with Crippen molar-refractivity contribution in [3.05, 3.63) is 65.7 Å². The second kappa shape index (κ2) is 10.2. The van der Waals surface area contributed by atoms with E-state index in [2.05, 4.69) is 30.3 Å². The van der Waals surface area contributed by atoms with Crippen molar-refractivity contribution in [3.8, 4) is 5.75 Å². The number of fused-ring (bicyclic) bond motifs is 2. The molecule has 0 aliphatic rings. The van der Waals surface area contributed by atoms with Crippen LogP contribution in [0.3, 0.4) is 0 Å². The minimum Gasteiger partial charge on any atom is -0.404 e. The molecule has 0 saturated carbocycles. The molecule has 0 fully saturated rings. The lowest BCUT2D eigenvalue weighted by atomic mass is 10.1. The molecular formula is C26H23F3N6O2S. The van der Waals surface area contributed by atoms with Gasteiger partial charge in [-0.25, -0.2) is 9.97 Å². The van der Waals surface area contributed by atoms with Gasteiger partial charge < -0.3 is 25.3 Å². The van der Waals surface area contributed by atoms with Crippen molar-refractivity contribution in [2.75, 3.05) is 28.6 Å². The molecule has 3 N–H and O–H groups in total. The first-order valence-corrected chi connectivity index (χ1v) is 12.7. The molecule has 196 valence electrons. The van der Waals surface area contributed by atoms with Gasteiger partial charge in [-0.05, 0) is 56.3 Å². The van der Waals surface area contributed by atoms with E-state index in [1.165, 1.54) is 29.5 Å². The second-order valence-electron chi connectivity index (χ2n) is 8.30. The van der Waals surface area contributed by atoms with Crippen LogP contribution in [0.15, 0.2) is 60.1 Å². The van der Waals surface area contributed by atoms with Gasteiger partial charge in [-0.2, -0.15) is 0 Å². The third-order valence-corrected chi connectivity index (χ3v) is 6.69. The standard InChI is InChI=1S/C26H23F3N6O2S/c1-3-35(4-2)21-13-20-19(12-16(21)24(36)31-15-9-10-18-23(11-15)38-14-30-18)33-25(34-20)32-17-7-5-6-8-22(17)37-26(27,28)29/h5-14H,3-4H2,1-2H3,(H,31,36)(H2,32,33,34). The summed E-state index contributed by atoms with van der Waals surface area (Å²) in [5.74, 6) is -0.482. The number of para-hydroxylation sites is 2. The minimum atomic E-state index is -4.84. The molecule has 2 aromatic heterocycles. The monoisotopic (exact) mass is 540 g/mol. The van der Waals surface area contributed by atoms with Crippen LogP contribution in [-0.2, 0) is 0 Å². The van der Waals surface area contributed by atoms with Crippen LogP contribution in [0.4, 0.5) is 36.2 Å². The molecule has 38 heavy (non-hydrogen) atoms. The molecule has 8 nitrogen and oxygen atoms in total. The van der Waals surface area contributed by atoms with E-state index in [9.17, 15) is 18.0 Å². The molecule has 0 unspecified atom stereocenters. The van der Waals surface area contributed by atoms with E-state index < -0.39 is 6.36 Å². The Morgan fingerprint density at radius 2 is 1.87 bits per heavy atom. The van der Waals surface area contributed by atoms with Crippen LogP contribution in [0.5, 0.6) is 5.75 Å². The van der Waals surface area contributed by atoms with E-state index in [1.54, 1.807) is 29.8 Å². The highest BCUT2D eigenvalue weighted by atomic mass is 32.1. The number of aromatic amines is 1. The topological polar surface area (TPSA) is 95.2 Å². The number of carbonyl (C=O) groups excluding carboxylic acids is 1. The van der Waals surface area contributed by atoms with Crippen molar-refractivity contribution >= 4 is 61.5 Å².